The molecule has 0 radical (unpaired) electrons. The summed E-state index contributed by atoms with van der Waals surface area (Å²) in [4.78, 5) is 32.8. The van der Waals surface area contributed by atoms with Crippen LogP contribution in [0.3, 0.4) is 0 Å². The molecule has 2 N–H and O–H groups in total. The molecule has 3 amide bonds. The Morgan fingerprint density at radius 2 is 1.94 bits per heavy atom. The highest BCUT2D eigenvalue weighted by atomic mass is 35.5. The molecule has 0 aromatic heterocycles. The number of terminal acetylenes is 1. The molecular formula is C9H12ClN3O3. The molecule has 0 saturated heterocycles. The van der Waals surface area contributed by atoms with Gasteiger partial charge < -0.3 is 10.6 Å². The van der Waals surface area contributed by atoms with Gasteiger partial charge in [0.05, 0.1) is 13.1 Å². The predicted molar refractivity (Wildman–Crippen MR) is 58.1 cm³/mol. The van der Waals surface area contributed by atoms with E-state index in [4.69, 9.17) is 18.2 Å². The largest absolute Gasteiger partial charge is 0.345 e. The molecule has 0 fully saturated rings. The minimum atomic E-state index is -0.527. The van der Waals surface area contributed by atoms with Crippen LogP contribution in [0.4, 0.5) is 0 Å². The van der Waals surface area contributed by atoms with Gasteiger partial charge in [0, 0.05) is 18.7 Å². The van der Waals surface area contributed by atoms with Crippen molar-refractivity contribution in [3.63, 3.8) is 0 Å². The van der Waals surface area contributed by atoms with Gasteiger partial charge in [0.2, 0.25) is 17.7 Å². The third-order valence-electron chi connectivity index (χ3n) is 1.46. The van der Waals surface area contributed by atoms with Gasteiger partial charge in [-0.3, -0.25) is 14.4 Å². The van der Waals surface area contributed by atoms with Gasteiger partial charge in [0.15, 0.2) is 0 Å². The quantitative estimate of drug-likeness (QED) is 0.475. The molecule has 0 aromatic carbocycles. The first-order chi connectivity index (χ1) is 7.47. The van der Waals surface area contributed by atoms with E-state index >= 15 is 0 Å². The van der Waals surface area contributed by atoms with Crippen molar-refractivity contribution in [1.82, 2.24) is 15.1 Å². The number of nitrogens with zero attached hydrogens (tertiary/aromatic N) is 1. The minimum Gasteiger partial charge on any atom is -0.345 e. The van der Waals surface area contributed by atoms with Crippen LogP contribution >= 0.6 is 11.8 Å². The molecule has 0 aromatic rings. The summed E-state index contributed by atoms with van der Waals surface area (Å²) in [6.07, 6.45) is 4.92. The maximum absolute atomic E-state index is 11.1. The highest BCUT2D eigenvalue weighted by molar-refractivity contribution is 6.22. The fraction of sp³-hybridized carbons (Fsp3) is 0.444. The van der Waals surface area contributed by atoms with E-state index in [1.54, 1.807) is 0 Å². The molecule has 0 bridgehead atoms. The minimum absolute atomic E-state index is 0.101. The maximum atomic E-state index is 11.1. The summed E-state index contributed by atoms with van der Waals surface area (Å²) in [5, 5.41) is 4.64. The molecule has 0 aliphatic carbocycles. The van der Waals surface area contributed by atoms with Gasteiger partial charge in [-0.2, -0.15) is 0 Å². The Morgan fingerprint density at radius 1 is 1.31 bits per heavy atom. The van der Waals surface area contributed by atoms with Crippen LogP contribution in [-0.4, -0.2) is 41.8 Å². The zero-order valence-corrected chi connectivity index (χ0v) is 9.50. The predicted octanol–water partition coefficient (Wildman–Crippen LogP) is -1.15. The standard InChI is InChI=1S/C9H12ClN3O3/c1-3-4-11-8(15)5-12-9(16)6-13(10)7(2)14/h1H,4-6H2,2H3,(H,11,15)(H,12,16). The second-order valence-corrected chi connectivity index (χ2v) is 3.20. The number of carbonyl (C=O) groups excluding carboxylic acids is 3. The first-order valence-corrected chi connectivity index (χ1v) is 4.72. The number of nitrogens with one attached hydrogen (secondary N) is 2. The second kappa shape index (κ2) is 7.54. The molecular weight excluding hydrogens is 234 g/mol. The second-order valence-electron chi connectivity index (χ2n) is 2.80. The van der Waals surface area contributed by atoms with Crippen molar-refractivity contribution in [1.29, 1.82) is 0 Å². The van der Waals surface area contributed by atoms with E-state index in [-0.39, 0.29) is 19.6 Å². The van der Waals surface area contributed by atoms with Crippen molar-refractivity contribution in [3.05, 3.63) is 0 Å². The summed E-state index contributed by atoms with van der Waals surface area (Å²) in [7, 11) is 0. The average molecular weight is 246 g/mol. The Kier molecular flexibility index (Phi) is 6.72. The van der Waals surface area contributed by atoms with E-state index in [0.717, 1.165) is 0 Å². The smallest absolute Gasteiger partial charge is 0.241 e. The lowest BCUT2D eigenvalue weighted by atomic mass is 10.5. The lowest BCUT2D eigenvalue weighted by molar-refractivity contribution is -0.130. The Hall–Kier alpha value is -1.74. The van der Waals surface area contributed by atoms with E-state index in [2.05, 4.69) is 16.6 Å². The van der Waals surface area contributed by atoms with Crippen LogP contribution in [0.15, 0.2) is 0 Å². The topological polar surface area (TPSA) is 78.5 Å². The Labute approximate surface area is 98.4 Å². The molecule has 0 unspecified atom stereocenters. The van der Waals surface area contributed by atoms with Gasteiger partial charge in [-0.25, -0.2) is 4.42 Å². The molecule has 0 spiro atoms. The van der Waals surface area contributed by atoms with E-state index < -0.39 is 17.7 Å². The van der Waals surface area contributed by atoms with Crippen molar-refractivity contribution in [2.45, 2.75) is 6.92 Å². The number of hydrogen-bond acceptors (Lipinski definition) is 3. The monoisotopic (exact) mass is 245 g/mol. The number of halogens is 1. The summed E-state index contributed by atoms with van der Waals surface area (Å²) in [6.45, 7) is 0.812. The average Bonchev–Trinajstić information content (AvgIpc) is 2.23. The first kappa shape index (κ1) is 14.3. The van der Waals surface area contributed by atoms with Crippen LogP contribution in [0, 0.1) is 12.3 Å². The normalized spacial score (nSPS) is 8.81. The summed E-state index contributed by atoms with van der Waals surface area (Å²) in [5.74, 6) is 0.830. The van der Waals surface area contributed by atoms with Crippen LogP contribution < -0.4 is 10.6 Å². The van der Waals surface area contributed by atoms with Crippen LogP contribution in [-0.2, 0) is 14.4 Å². The number of hydrogen-bond donors (Lipinski definition) is 2. The number of rotatable bonds is 5. The fourth-order valence-electron chi connectivity index (χ4n) is 0.684. The van der Waals surface area contributed by atoms with Gasteiger partial charge >= 0.3 is 0 Å². The molecule has 0 atom stereocenters. The van der Waals surface area contributed by atoms with Crippen LogP contribution in [0.2, 0.25) is 0 Å². The van der Waals surface area contributed by atoms with E-state index in [9.17, 15) is 14.4 Å². The third kappa shape index (κ3) is 6.68. The highest BCUT2D eigenvalue weighted by Crippen LogP contribution is 1.92. The number of carbonyl (C=O) groups is 3. The maximum Gasteiger partial charge on any atom is 0.241 e. The zero-order valence-electron chi connectivity index (χ0n) is 8.75. The first-order valence-electron chi connectivity index (χ1n) is 4.38. The molecule has 0 rings (SSSR count). The van der Waals surface area contributed by atoms with Crippen LogP contribution in [0.5, 0.6) is 0 Å². The molecule has 0 aliphatic rings. The highest BCUT2D eigenvalue weighted by Gasteiger charge is 2.11. The summed E-state index contributed by atoms with van der Waals surface area (Å²) in [5.41, 5.74) is 0. The van der Waals surface area contributed by atoms with Gasteiger partial charge in [0.1, 0.15) is 6.54 Å². The fourth-order valence-corrected chi connectivity index (χ4v) is 0.793. The van der Waals surface area contributed by atoms with Crippen LogP contribution in [0.1, 0.15) is 6.92 Å². The Balaban J connectivity index is 3.78. The lowest BCUT2D eigenvalue weighted by Crippen LogP contribution is -2.41. The lowest BCUT2D eigenvalue weighted by Gasteiger charge is -2.10. The number of amides is 3. The summed E-state index contributed by atoms with van der Waals surface area (Å²) in [6, 6.07) is 0. The molecule has 7 heteroatoms. The van der Waals surface area contributed by atoms with E-state index in [0.29, 0.717) is 4.42 Å². The molecule has 16 heavy (non-hydrogen) atoms. The van der Waals surface area contributed by atoms with Crippen molar-refractivity contribution >= 4 is 29.5 Å². The molecule has 0 heterocycles. The molecule has 0 saturated carbocycles. The van der Waals surface area contributed by atoms with E-state index in [1.807, 2.05) is 0 Å². The van der Waals surface area contributed by atoms with Gasteiger partial charge in [-0.1, -0.05) is 5.92 Å². The third-order valence-corrected chi connectivity index (χ3v) is 1.82. The van der Waals surface area contributed by atoms with Gasteiger partial charge in [0.25, 0.3) is 0 Å². The zero-order chi connectivity index (χ0) is 12.6. The van der Waals surface area contributed by atoms with Crippen molar-refractivity contribution < 1.29 is 14.4 Å². The SMILES string of the molecule is C#CCNC(=O)CNC(=O)CN(Cl)C(C)=O. The molecule has 0 aliphatic heterocycles. The van der Waals surface area contributed by atoms with E-state index in [1.165, 1.54) is 6.92 Å². The summed E-state index contributed by atoms with van der Waals surface area (Å²) >= 11 is 5.41. The summed E-state index contributed by atoms with van der Waals surface area (Å²) < 4.78 is 0.717. The Morgan fingerprint density at radius 3 is 2.44 bits per heavy atom. The van der Waals surface area contributed by atoms with Crippen LogP contribution in [0.25, 0.3) is 0 Å². The molecule has 6 nitrogen and oxygen atoms in total. The van der Waals surface area contributed by atoms with Crippen molar-refractivity contribution in [2.75, 3.05) is 19.6 Å². The van der Waals surface area contributed by atoms with Gasteiger partial charge in [-0.15, -0.1) is 6.42 Å². The molecule has 88 valence electrons. The van der Waals surface area contributed by atoms with Gasteiger partial charge in [-0.05, 0) is 0 Å². The van der Waals surface area contributed by atoms with Crippen molar-refractivity contribution in [2.24, 2.45) is 0 Å². The van der Waals surface area contributed by atoms with Crippen molar-refractivity contribution in [3.8, 4) is 12.3 Å². The Bertz CT molecular complexity index is 324.